The van der Waals surface area contributed by atoms with Crippen molar-refractivity contribution >= 4 is 0 Å². The quantitative estimate of drug-likeness (QED) is 0.661. The predicted molar refractivity (Wildman–Crippen MR) is 61.0 cm³/mol. The van der Waals surface area contributed by atoms with Gasteiger partial charge >= 0.3 is 0 Å². The molecule has 0 aliphatic heterocycles. The molecular formula is C13H18O. The van der Waals surface area contributed by atoms with Crippen LogP contribution in [0.3, 0.4) is 0 Å². The molecule has 0 aliphatic rings. The highest BCUT2D eigenvalue weighted by molar-refractivity contribution is 5.43. The molecule has 0 saturated carbocycles. The van der Waals surface area contributed by atoms with E-state index in [-0.39, 0.29) is 0 Å². The Bertz CT molecular complexity index is 326. The number of allylic oxidation sites excluding steroid dienone is 1. The van der Waals surface area contributed by atoms with Gasteiger partial charge in [0.25, 0.3) is 0 Å². The zero-order chi connectivity index (χ0) is 10.6. The van der Waals surface area contributed by atoms with Gasteiger partial charge in [-0.3, -0.25) is 0 Å². The number of methoxy groups -OCH3 is 1. The molecule has 0 unspecified atom stereocenters. The van der Waals surface area contributed by atoms with Crippen LogP contribution in [-0.4, -0.2) is 7.11 Å². The summed E-state index contributed by atoms with van der Waals surface area (Å²) in [5.41, 5.74) is 3.98. The maximum Gasteiger partial charge on any atom is 0.122 e. The Morgan fingerprint density at radius 3 is 2.57 bits per heavy atom. The van der Waals surface area contributed by atoms with Gasteiger partial charge in [-0.05, 0) is 49.4 Å². The normalized spacial score (nSPS) is 9.93. The lowest BCUT2D eigenvalue weighted by Crippen LogP contribution is -1.95. The fourth-order valence-electron chi connectivity index (χ4n) is 1.60. The molecule has 0 aromatic heterocycles. The first-order valence-corrected chi connectivity index (χ1v) is 4.94. The molecule has 0 atom stereocenters. The van der Waals surface area contributed by atoms with Crippen molar-refractivity contribution in [3.8, 4) is 5.75 Å². The average molecular weight is 190 g/mol. The Balaban J connectivity index is 2.98. The second-order valence-corrected chi connectivity index (χ2v) is 3.50. The highest BCUT2D eigenvalue weighted by Crippen LogP contribution is 2.24. The van der Waals surface area contributed by atoms with Crippen molar-refractivity contribution in [2.75, 3.05) is 7.11 Å². The van der Waals surface area contributed by atoms with E-state index in [1.54, 1.807) is 7.11 Å². The lowest BCUT2D eigenvalue weighted by Gasteiger charge is -2.11. The molecule has 0 spiro atoms. The van der Waals surface area contributed by atoms with Crippen LogP contribution in [-0.2, 0) is 6.42 Å². The summed E-state index contributed by atoms with van der Waals surface area (Å²) in [4.78, 5) is 0. The van der Waals surface area contributed by atoms with Gasteiger partial charge in [-0.25, -0.2) is 0 Å². The third kappa shape index (κ3) is 2.16. The summed E-state index contributed by atoms with van der Waals surface area (Å²) in [5.74, 6) is 0.977. The van der Waals surface area contributed by atoms with Crippen molar-refractivity contribution in [2.45, 2.75) is 26.7 Å². The molecule has 14 heavy (non-hydrogen) atoms. The van der Waals surface area contributed by atoms with E-state index in [2.05, 4.69) is 26.5 Å². The van der Waals surface area contributed by atoms with Gasteiger partial charge < -0.3 is 4.74 Å². The molecule has 1 nitrogen and oxygen atoms in total. The minimum Gasteiger partial charge on any atom is -0.496 e. The molecule has 1 aromatic carbocycles. The number of hydrogen-bond acceptors (Lipinski definition) is 1. The monoisotopic (exact) mass is 190 g/mol. The molecule has 0 N–H and O–H groups in total. The Hall–Kier alpha value is -1.24. The van der Waals surface area contributed by atoms with Crippen LogP contribution in [0.1, 0.15) is 23.1 Å². The third-order valence-corrected chi connectivity index (χ3v) is 2.69. The zero-order valence-corrected chi connectivity index (χ0v) is 9.26. The predicted octanol–water partition coefficient (Wildman–Crippen LogP) is 3.43. The molecule has 0 fully saturated rings. The Morgan fingerprint density at radius 2 is 2.00 bits per heavy atom. The molecule has 1 rings (SSSR count). The van der Waals surface area contributed by atoms with E-state index < -0.39 is 0 Å². The number of benzene rings is 1. The number of aryl methyl sites for hydroxylation is 1. The third-order valence-electron chi connectivity index (χ3n) is 2.69. The second-order valence-electron chi connectivity index (χ2n) is 3.50. The van der Waals surface area contributed by atoms with Crippen molar-refractivity contribution in [3.63, 3.8) is 0 Å². The summed E-state index contributed by atoms with van der Waals surface area (Å²) in [6, 6.07) is 4.19. The molecule has 1 aromatic rings. The minimum atomic E-state index is 0.977. The van der Waals surface area contributed by atoms with Crippen LogP contribution < -0.4 is 4.74 Å². The molecular weight excluding hydrogens is 172 g/mol. The highest BCUT2D eigenvalue weighted by atomic mass is 16.5. The van der Waals surface area contributed by atoms with Crippen molar-refractivity contribution < 1.29 is 4.74 Å². The van der Waals surface area contributed by atoms with Gasteiger partial charge in [-0.1, -0.05) is 12.1 Å². The molecule has 0 heterocycles. The van der Waals surface area contributed by atoms with Gasteiger partial charge in [0.15, 0.2) is 0 Å². The van der Waals surface area contributed by atoms with Crippen molar-refractivity contribution in [1.29, 1.82) is 0 Å². The summed E-state index contributed by atoms with van der Waals surface area (Å²) in [7, 11) is 1.71. The largest absolute Gasteiger partial charge is 0.496 e. The smallest absolute Gasteiger partial charge is 0.122 e. The van der Waals surface area contributed by atoms with Gasteiger partial charge in [0, 0.05) is 0 Å². The molecule has 0 aliphatic carbocycles. The van der Waals surface area contributed by atoms with Crippen LogP contribution in [0, 0.1) is 13.8 Å². The van der Waals surface area contributed by atoms with E-state index in [0.717, 1.165) is 18.6 Å². The topological polar surface area (TPSA) is 9.23 Å². The fraction of sp³-hybridized carbons (Fsp3) is 0.385. The highest BCUT2D eigenvalue weighted by Gasteiger charge is 2.05. The molecule has 76 valence electrons. The summed E-state index contributed by atoms with van der Waals surface area (Å²) < 4.78 is 5.27. The van der Waals surface area contributed by atoms with E-state index in [0.29, 0.717) is 0 Å². The van der Waals surface area contributed by atoms with E-state index in [4.69, 9.17) is 4.74 Å². The van der Waals surface area contributed by atoms with Gasteiger partial charge in [0.05, 0.1) is 7.11 Å². The van der Waals surface area contributed by atoms with E-state index in [9.17, 15) is 0 Å². The van der Waals surface area contributed by atoms with E-state index >= 15 is 0 Å². The number of ether oxygens (including phenoxy) is 1. The van der Waals surface area contributed by atoms with Gasteiger partial charge in [-0.15, -0.1) is 6.58 Å². The summed E-state index contributed by atoms with van der Waals surface area (Å²) in [5, 5.41) is 0. The molecule has 0 amide bonds. The first-order valence-electron chi connectivity index (χ1n) is 4.94. The van der Waals surface area contributed by atoms with Gasteiger partial charge in [0.1, 0.15) is 5.75 Å². The van der Waals surface area contributed by atoms with Crippen molar-refractivity contribution in [2.24, 2.45) is 0 Å². The number of hydrogen-bond donors (Lipinski definition) is 0. The van der Waals surface area contributed by atoms with E-state index in [1.165, 1.54) is 16.7 Å². The summed E-state index contributed by atoms with van der Waals surface area (Å²) >= 11 is 0. The van der Waals surface area contributed by atoms with Crippen molar-refractivity contribution in [1.82, 2.24) is 0 Å². The van der Waals surface area contributed by atoms with Gasteiger partial charge in [0.2, 0.25) is 0 Å². The van der Waals surface area contributed by atoms with Crippen LogP contribution in [0.5, 0.6) is 5.75 Å². The maximum atomic E-state index is 5.27. The van der Waals surface area contributed by atoms with Crippen LogP contribution in [0.2, 0.25) is 0 Å². The second kappa shape index (κ2) is 4.85. The Morgan fingerprint density at radius 1 is 1.29 bits per heavy atom. The zero-order valence-electron chi connectivity index (χ0n) is 9.26. The van der Waals surface area contributed by atoms with Crippen LogP contribution in [0.15, 0.2) is 24.8 Å². The number of rotatable bonds is 4. The lowest BCUT2D eigenvalue weighted by atomic mass is 9.99. The molecule has 0 bridgehead atoms. The first-order chi connectivity index (χ1) is 6.70. The summed E-state index contributed by atoms with van der Waals surface area (Å²) in [6.45, 7) is 7.99. The van der Waals surface area contributed by atoms with Crippen molar-refractivity contribution in [3.05, 3.63) is 41.5 Å². The minimum absolute atomic E-state index is 0.977. The standard InChI is InChI=1S/C13H18O/c1-5-6-7-12-8-9-13(14-4)11(3)10(12)2/h5,8-9H,1,6-7H2,2-4H3. The molecule has 0 radical (unpaired) electrons. The van der Waals surface area contributed by atoms with E-state index in [1.807, 2.05) is 12.1 Å². The van der Waals surface area contributed by atoms with Crippen LogP contribution in [0.25, 0.3) is 0 Å². The SMILES string of the molecule is C=CCCc1ccc(OC)c(C)c1C. The molecule has 0 saturated heterocycles. The maximum absolute atomic E-state index is 5.27. The molecule has 1 heteroatoms. The first kappa shape index (κ1) is 10.8. The Kier molecular flexibility index (Phi) is 3.75. The Labute approximate surface area is 86.4 Å². The lowest BCUT2D eigenvalue weighted by molar-refractivity contribution is 0.411. The average Bonchev–Trinajstić information content (AvgIpc) is 2.20. The summed E-state index contributed by atoms with van der Waals surface area (Å²) in [6.07, 6.45) is 4.06. The fourth-order valence-corrected chi connectivity index (χ4v) is 1.60. The van der Waals surface area contributed by atoms with Gasteiger partial charge in [-0.2, -0.15) is 0 Å². The van der Waals surface area contributed by atoms with Crippen LogP contribution in [0.4, 0.5) is 0 Å². The van der Waals surface area contributed by atoms with Crippen LogP contribution >= 0.6 is 0 Å².